The Bertz CT molecular complexity index is 2670. The first-order valence-electron chi connectivity index (χ1n) is 24.8. The summed E-state index contributed by atoms with van der Waals surface area (Å²) in [5.74, 6) is -1.33. The Morgan fingerprint density at radius 3 is 2.17 bits per heavy atom. The van der Waals surface area contributed by atoms with Crippen LogP contribution in [-0.2, 0) is 49.6 Å². The van der Waals surface area contributed by atoms with Crippen LogP contribution in [0.1, 0.15) is 115 Å². The second-order valence-electron chi connectivity index (χ2n) is 19.3. The number of hydrogen-bond donors (Lipinski definition) is 4. The minimum atomic E-state index is -1.22. The van der Waals surface area contributed by atoms with E-state index in [1.165, 1.54) is 67.4 Å². The number of aromatic nitrogens is 9. The van der Waals surface area contributed by atoms with E-state index in [0.29, 0.717) is 48.5 Å². The van der Waals surface area contributed by atoms with Crippen LogP contribution >= 0.6 is 34.4 Å². The van der Waals surface area contributed by atoms with Gasteiger partial charge in [-0.15, -0.1) is 0 Å². The summed E-state index contributed by atoms with van der Waals surface area (Å²) in [5, 5.41) is 43.6. The van der Waals surface area contributed by atoms with Gasteiger partial charge in [0.1, 0.15) is 73.7 Å². The monoisotopic (exact) mass is 1110 g/mol. The molecule has 2 aromatic carbocycles. The van der Waals surface area contributed by atoms with Crippen molar-refractivity contribution in [3.05, 3.63) is 96.6 Å². The van der Waals surface area contributed by atoms with Crippen LogP contribution in [0, 0.1) is 28.6 Å². The summed E-state index contributed by atoms with van der Waals surface area (Å²) in [6, 6.07) is 11.9. The molecule has 2 bridgehead atoms. The number of benzene rings is 2. The Kier molecular flexibility index (Phi) is 23.2. The number of para-hydroxylation sites is 2. The minimum Gasteiger partial charge on any atom is -0.535 e. The number of carboxylic acid groups (broad SMARTS) is 1. The highest BCUT2D eigenvalue weighted by Gasteiger charge is 2.68. The smallest absolute Gasteiger partial charge is 0.526 e. The van der Waals surface area contributed by atoms with Crippen molar-refractivity contribution in [3.63, 3.8) is 0 Å². The quantitative estimate of drug-likeness (QED) is 0.0704. The molecule has 3 saturated carbocycles. The molecule has 10 rings (SSSR count). The van der Waals surface area contributed by atoms with Gasteiger partial charge in [0.2, 0.25) is 5.91 Å². The first-order chi connectivity index (χ1) is 36.4. The number of rotatable bonds is 13. The summed E-state index contributed by atoms with van der Waals surface area (Å²) < 4.78 is 39.0. The highest BCUT2D eigenvalue weighted by Crippen LogP contribution is 2.65. The normalized spacial score (nSPS) is 20.5. The van der Waals surface area contributed by atoms with Crippen molar-refractivity contribution in [2.45, 2.75) is 137 Å². The fraction of sp³-hybridized carbons (Fsp3) is 0.521. The number of Topliss-reactive ketones (excluding diaryl/α,β-unsaturated/α-hetero) is 1. The zero-order chi connectivity index (χ0) is 57.1. The molecule has 0 spiro atoms. The van der Waals surface area contributed by atoms with E-state index in [-0.39, 0.29) is 54.0 Å². The molecule has 76 heavy (non-hydrogen) atoms. The van der Waals surface area contributed by atoms with Crippen LogP contribution in [0.4, 0.5) is 0 Å². The SMILES string of the molecule is CC#N.COc1c(C[C@H](NC(=O)Cn2cncn2)B2O[C@@H]3C[C@@H]4C[C@@H](C4(C)C)[C@]3(C)O2)cccc1C(=O)OC(C)(C)C.ClB(Cl)Cl.O=C(C[C@H]1Cc2cccc(C(=O)O)c2OB1O)Cn1cncn1.[2H]CC.c1nc[nH]n1. The number of nitrogens with zero attached hydrogens (tertiary/aromatic N) is 9. The average Bonchev–Trinajstić information content (AvgIpc) is 4.21. The number of aromatic amines is 1. The molecule has 3 aliphatic carbocycles. The van der Waals surface area contributed by atoms with Gasteiger partial charge in [0.25, 0.3) is 0 Å². The first-order valence-corrected chi connectivity index (χ1v) is 25.4. The number of nitrogens with one attached hydrogen (secondary N) is 2. The van der Waals surface area contributed by atoms with Crippen LogP contribution in [0.15, 0.2) is 74.4 Å². The number of carboxylic acids is 1. The van der Waals surface area contributed by atoms with Gasteiger partial charge in [-0.3, -0.25) is 14.7 Å². The summed E-state index contributed by atoms with van der Waals surface area (Å²) in [5.41, 5.74) is 0.864. The highest BCUT2D eigenvalue weighted by molar-refractivity contribution is 7.54. The number of carbonyl (C=O) groups is 4. The van der Waals surface area contributed by atoms with Crippen LogP contribution in [0.25, 0.3) is 0 Å². The van der Waals surface area contributed by atoms with Crippen LogP contribution < -0.4 is 14.7 Å². The molecule has 5 heterocycles. The summed E-state index contributed by atoms with van der Waals surface area (Å²) in [6.07, 6.45) is 11.5. The lowest BCUT2D eigenvalue weighted by Gasteiger charge is -2.64. The number of esters is 1. The summed E-state index contributed by atoms with van der Waals surface area (Å²) in [7, 11) is -0.356. The third-order valence-corrected chi connectivity index (χ3v) is 12.9. The van der Waals surface area contributed by atoms with Gasteiger partial charge in [-0.2, -0.15) is 54.9 Å². The lowest BCUT2D eigenvalue weighted by molar-refractivity contribution is -0.199. The van der Waals surface area contributed by atoms with Crippen LogP contribution in [0.5, 0.6) is 11.5 Å². The molecule has 4 fully saturated rings. The predicted molar refractivity (Wildman–Crippen MR) is 285 cm³/mol. The number of halogens is 3. The number of aromatic carboxylic acids is 1. The molecule has 0 unspecified atom stereocenters. The molecule has 0 radical (unpaired) electrons. The van der Waals surface area contributed by atoms with Crippen LogP contribution in [-0.4, -0.2) is 128 Å². The molecule has 2 aliphatic heterocycles. The second-order valence-corrected chi connectivity index (χ2v) is 21.3. The van der Waals surface area contributed by atoms with Gasteiger partial charge in [-0.1, -0.05) is 51.9 Å². The standard InChI is InChI=1S/C28H39BN4O6.C14H14BN3O5.C2H3N3.C2H3N.C2H6.BCl3/c1-26(2,3)37-25(35)19-10-8-9-17(24(19)36-7)11-22(32-23(34)14-33-16-30-15-31-33)29-38-21-13-18-12-20(27(18,4)5)28(21,6)39-29;19-11(6-18-8-16-7-17-18)5-10-4-9-2-1-3-12(14(20)21)13(9)23-15(10)22;1-3-2-5-4-1;1-2-3;1-2;2-1(3)4/h8-10,15-16,18,20-22H,11-14H2,1-7H3,(H,32,34);1-3,7-8,10,22H,4-6H2,(H,20,21);1-2H,(H,3,4,5);1H3;1-2H3;/t18-,20-,21+,22-,28-;10-;;;;/m01..../s1/i;;;;1D;. The van der Waals surface area contributed by atoms with Gasteiger partial charge in [-0.05, 0) is 93.9 Å². The topological polar surface area (TPSA) is 294 Å². The number of nitriles is 1. The van der Waals surface area contributed by atoms with Gasteiger partial charge < -0.3 is 38.9 Å². The molecule has 5 aromatic rings. The van der Waals surface area contributed by atoms with Crippen molar-refractivity contribution in [2.24, 2.45) is 17.3 Å². The van der Waals surface area contributed by atoms with Gasteiger partial charge in [0, 0.05) is 20.5 Å². The number of fused-ring (bicyclic) bond motifs is 1. The van der Waals surface area contributed by atoms with Gasteiger partial charge in [-0.25, -0.2) is 33.9 Å². The van der Waals surface area contributed by atoms with E-state index in [0.717, 1.165) is 18.4 Å². The molecule has 6 atom stereocenters. The minimum absolute atomic E-state index is 0.00828. The highest BCUT2D eigenvalue weighted by atomic mass is 35.6. The van der Waals surface area contributed by atoms with E-state index in [2.05, 4.69) is 61.4 Å². The molecule has 22 nitrogen and oxygen atoms in total. The zero-order valence-electron chi connectivity index (χ0n) is 44.9. The lowest BCUT2D eigenvalue weighted by Crippen LogP contribution is -2.65. The van der Waals surface area contributed by atoms with Crippen LogP contribution in [0.3, 0.4) is 0 Å². The predicted octanol–water partition coefficient (Wildman–Crippen LogP) is 6.71. The molecular formula is C48H65B3Cl3N11O11. The van der Waals surface area contributed by atoms with Gasteiger partial charge >= 0.3 is 31.1 Å². The van der Waals surface area contributed by atoms with Crippen molar-refractivity contribution in [3.8, 4) is 17.6 Å². The van der Waals surface area contributed by atoms with E-state index in [9.17, 15) is 24.2 Å². The Hall–Kier alpha value is -6.03. The summed E-state index contributed by atoms with van der Waals surface area (Å²) >= 11 is 14.4. The Morgan fingerprint density at radius 2 is 1.64 bits per heavy atom. The molecule has 1 amide bonds. The molecule has 3 aromatic heterocycles. The average molecular weight is 1110 g/mol. The van der Waals surface area contributed by atoms with Crippen molar-refractivity contribution >= 4 is 77.2 Å². The molecule has 5 aliphatic rings. The Balaban J connectivity index is 0.000000281. The van der Waals surface area contributed by atoms with Crippen molar-refractivity contribution in [2.75, 3.05) is 7.11 Å². The molecule has 28 heteroatoms. The lowest BCUT2D eigenvalue weighted by atomic mass is 9.43. The van der Waals surface area contributed by atoms with Crippen molar-refractivity contribution < 1.29 is 54.1 Å². The Labute approximate surface area is 459 Å². The number of methoxy groups -OCH3 is 1. The number of amides is 1. The number of hydrogen-bond acceptors (Lipinski definition) is 17. The molecule has 408 valence electrons. The second kappa shape index (κ2) is 28.9. The molecular weight excluding hydrogens is 1050 g/mol. The number of carbonyl (C=O) groups excluding carboxylic acids is 3. The summed E-state index contributed by atoms with van der Waals surface area (Å²) in [6.45, 7) is 16.1. The number of H-pyrrole nitrogens is 1. The van der Waals surface area contributed by atoms with Crippen molar-refractivity contribution in [1.82, 2.24) is 50.0 Å². The third-order valence-electron chi connectivity index (χ3n) is 12.9. The van der Waals surface area contributed by atoms with Gasteiger partial charge in [0.05, 0.1) is 36.4 Å². The first kappa shape index (κ1) is 60.8. The van der Waals surface area contributed by atoms with E-state index in [1.54, 1.807) is 37.3 Å². The van der Waals surface area contributed by atoms with E-state index >= 15 is 0 Å². The summed E-state index contributed by atoms with van der Waals surface area (Å²) in [4.78, 5) is 59.8. The number of ether oxygens (including phenoxy) is 2. The maximum Gasteiger partial charge on any atom is 0.526 e. The van der Waals surface area contributed by atoms with Gasteiger partial charge in [0.15, 0.2) is 5.78 Å². The fourth-order valence-electron chi connectivity index (χ4n) is 9.56. The zero-order valence-corrected chi connectivity index (χ0v) is 46.2. The van der Waals surface area contributed by atoms with Crippen LogP contribution in [0.2, 0.25) is 5.82 Å². The van der Waals surface area contributed by atoms with E-state index in [4.69, 9.17) is 69.6 Å². The maximum atomic E-state index is 13.1. The maximum absolute atomic E-state index is 13.1. The largest absolute Gasteiger partial charge is 0.535 e. The number of ketones is 1. The van der Waals surface area contributed by atoms with Crippen molar-refractivity contribution in [1.29, 1.82) is 5.26 Å². The fourth-order valence-corrected chi connectivity index (χ4v) is 9.56. The Morgan fingerprint density at radius 1 is 1.03 bits per heavy atom. The van der Waals surface area contributed by atoms with E-state index in [1.807, 2.05) is 26.8 Å². The molecule has 4 N–H and O–H groups in total. The van der Waals surface area contributed by atoms with E-state index < -0.39 is 54.1 Å². The third kappa shape index (κ3) is 17.2. The molecule has 1 saturated heterocycles.